The number of hydrogen-bond donors (Lipinski definition) is 2. The molecular weight excluding hydrogens is 480 g/mol. The molecular formula is C29H30N6O3. The van der Waals surface area contributed by atoms with Gasteiger partial charge in [-0.15, -0.1) is 0 Å². The summed E-state index contributed by atoms with van der Waals surface area (Å²) in [4.78, 5) is 27.9. The molecule has 0 unspecified atom stereocenters. The van der Waals surface area contributed by atoms with E-state index in [1.54, 1.807) is 4.90 Å². The first-order valence-electron chi connectivity index (χ1n) is 13.0. The van der Waals surface area contributed by atoms with Crippen LogP contribution in [0.1, 0.15) is 12.8 Å². The Hall–Kier alpha value is -4.37. The van der Waals surface area contributed by atoms with E-state index < -0.39 is 0 Å². The number of morpholine rings is 1. The number of fused-ring (bicyclic) bond motifs is 1. The van der Waals surface area contributed by atoms with Crippen LogP contribution in [0.4, 0.5) is 27.5 Å². The van der Waals surface area contributed by atoms with Crippen LogP contribution in [-0.4, -0.2) is 65.9 Å². The molecule has 0 spiro atoms. The third kappa shape index (κ3) is 5.19. The first-order valence-corrected chi connectivity index (χ1v) is 13.0. The molecule has 9 nitrogen and oxygen atoms in total. The van der Waals surface area contributed by atoms with Crippen LogP contribution in [-0.2, 0) is 9.53 Å². The third-order valence-electron chi connectivity index (χ3n) is 7.07. The number of aromatic nitrogens is 2. The summed E-state index contributed by atoms with van der Waals surface area (Å²) in [6.45, 7) is 4.34. The summed E-state index contributed by atoms with van der Waals surface area (Å²) in [5, 5.41) is 12.0. The first-order chi connectivity index (χ1) is 18.6. The first kappa shape index (κ1) is 24.0. The number of Topliss-reactive ketones (excluding diaryl/α,β-unsaturated/α-hetero) is 1. The normalized spacial score (nSPS) is 16.1. The number of hydrogen-bond acceptors (Lipinski definition) is 6. The number of piperidine rings is 1. The van der Waals surface area contributed by atoms with Gasteiger partial charge in [-0.05, 0) is 66.7 Å². The minimum Gasteiger partial charge on any atom is -0.378 e. The standard InChI is InChI=1S/C29H30N6O3/c36-27-11-13-34(14-12-27)29(37)32-23-3-8-26(9-4-23)35-28-10-5-24(19-21(28)20-30-35)31-22-1-6-25(7-2-22)33-15-17-38-18-16-33/h1-10,19-20,31H,11-18H2,(H,32,37). The van der Waals surface area contributed by atoms with E-state index in [0.29, 0.717) is 31.6 Å². The number of likely N-dealkylation sites (tertiary alicyclic amines) is 1. The number of benzene rings is 3. The van der Waals surface area contributed by atoms with E-state index in [1.165, 1.54) is 5.69 Å². The van der Waals surface area contributed by atoms with Gasteiger partial charge in [0.25, 0.3) is 0 Å². The molecule has 3 heterocycles. The van der Waals surface area contributed by atoms with E-state index >= 15 is 0 Å². The summed E-state index contributed by atoms with van der Waals surface area (Å²) in [6, 6.07) is 22.1. The highest BCUT2D eigenvalue weighted by Gasteiger charge is 2.20. The summed E-state index contributed by atoms with van der Waals surface area (Å²) in [5.74, 6) is 0.214. The van der Waals surface area contributed by atoms with Gasteiger partial charge in [0.2, 0.25) is 0 Å². The molecule has 2 saturated heterocycles. The molecule has 194 valence electrons. The number of nitrogens with zero attached hydrogens (tertiary/aromatic N) is 4. The second-order valence-electron chi connectivity index (χ2n) is 9.60. The summed E-state index contributed by atoms with van der Waals surface area (Å²) in [6.07, 6.45) is 2.71. The van der Waals surface area contributed by atoms with Crippen LogP contribution in [0.3, 0.4) is 0 Å². The van der Waals surface area contributed by atoms with Crippen molar-refractivity contribution in [1.82, 2.24) is 14.7 Å². The number of carbonyl (C=O) groups is 2. The number of urea groups is 1. The van der Waals surface area contributed by atoms with Crippen molar-refractivity contribution in [2.75, 3.05) is 54.9 Å². The van der Waals surface area contributed by atoms with Crippen LogP contribution < -0.4 is 15.5 Å². The quantitative estimate of drug-likeness (QED) is 0.401. The summed E-state index contributed by atoms with van der Waals surface area (Å²) in [5.41, 5.74) is 5.84. The smallest absolute Gasteiger partial charge is 0.321 e. The molecule has 3 aromatic carbocycles. The summed E-state index contributed by atoms with van der Waals surface area (Å²) in [7, 11) is 0. The second-order valence-corrected chi connectivity index (χ2v) is 9.60. The second kappa shape index (κ2) is 10.5. The van der Waals surface area contributed by atoms with Crippen LogP contribution >= 0.6 is 0 Å². The summed E-state index contributed by atoms with van der Waals surface area (Å²) < 4.78 is 7.33. The van der Waals surface area contributed by atoms with Crippen molar-refractivity contribution < 1.29 is 14.3 Å². The monoisotopic (exact) mass is 510 g/mol. The van der Waals surface area contributed by atoms with Gasteiger partial charge in [0.05, 0.1) is 30.6 Å². The van der Waals surface area contributed by atoms with Crippen molar-refractivity contribution in [1.29, 1.82) is 0 Å². The van der Waals surface area contributed by atoms with Crippen LogP contribution in [0.25, 0.3) is 16.6 Å². The van der Waals surface area contributed by atoms with Crippen molar-refractivity contribution in [2.24, 2.45) is 0 Å². The van der Waals surface area contributed by atoms with E-state index in [4.69, 9.17) is 4.74 Å². The molecule has 4 aromatic rings. The van der Waals surface area contributed by atoms with Gasteiger partial charge in [-0.3, -0.25) is 4.79 Å². The van der Waals surface area contributed by atoms with Crippen molar-refractivity contribution in [3.05, 3.63) is 72.9 Å². The van der Waals surface area contributed by atoms with E-state index in [9.17, 15) is 9.59 Å². The molecule has 6 rings (SSSR count). The Labute approximate surface area is 221 Å². The lowest BCUT2D eigenvalue weighted by Gasteiger charge is -2.28. The number of nitrogens with one attached hydrogen (secondary N) is 2. The fraction of sp³-hybridized carbons (Fsp3) is 0.276. The number of anilines is 4. The summed E-state index contributed by atoms with van der Waals surface area (Å²) >= 11 is 0. The number of ether oxygens (including phenoxy) is 1. The van der Waals surface area contributed by atoms with Gasteiger partial charge in [0.1, 0.15) is 5.78 Å². The molecule has 0 bridgehead atoms. The number of rotatable bonds is 5. The Morgan fingerprint density at radius 1 is 0.789 bits per heavy atom. The van der Waals surface area contributed by atoms with E-state index in [1.807, 2.05) is 41.2 Å². The predicted molar refractivity (Wildman–Crippen MR) is 149 cm³/mol. The van der Waals surface area contributed by atoms with Gasteiger partial charge < -0.3 is 25.2 Å². The molecule has 38 heavy (non-hydrogen) atoms. The maximum atomic E-state index is 12.5. The Morgan fingerprint density at radius 2 is 1.45 bits per heavy atom. The molecule has 2 fully saturated rings. The maximum Gasteiger partial charge on any atom is 0.321 e. The Morgan fingerprint density at radius 3 is 2.18 bits per heavy atom. The molecule has 0 radical (unpaired) electrons. The molecule has 0 atom stereocenters. The van der Waals surface area contributed by atoms with Crippen molar-refractivity contribution >= 4 is 45.5 Å². The van der Waals surface area contributed by atoms with Crippen LogP contribution in [0, 0.1) is 0 Å². The minimum atomic E-state index is -0.175. The largest absolute Gasteiger partial charge is 0.378 e. The SMILES string of the molecule is O=C1CCN(C(=O)Nc2ccc(-n3ncc4cc(Nc5ccc(N6CCOCC6)cc5)ccc43)cc2)CC1. The van der Waals surface area contributed by atoms with Gasteiger partial charge in [0.15, 0.2) is 0 Å². The van der Waals surface area contributed by atoms with Crippen molar-refractivity contribution in [2.45, 2.75) is 12.8 Å². The van der Waals surface area contributed by atoms with Crippen molar-refractivity contribution in [3.63, 3.8) is 0 Å². The Bertz CT molecular complexity index is 1430. The highest BCUT2D eigenvalue weighted by Crippen LogP contribution is 2.26. The predicted octanol–water partition coefficient (Wildman–Crippen LogP) is 4.80. The molecule has 2 aliphatic heterocycles. The molecule has 1 aromatic heterocycles. The zero-order chi connectivity index (χ0) is 25.9. The van der Waals surface area contributed by atoms with Gasteiger partial charge in [0, 0.05) is 67.2 Å². The topological polar surface area (TPSA) is 91.7 Å². The van der Waals surface area contributed by atoms with E-state index in [2.05, 4.69) is 57.0 Å². The average molecular weight is 511 g/mol. The highest BCUT2D eigenvalue weighted by molar-refractivity contribution is 5.91. The van der Waals surface area contributed by atoms with Crippen molar-refractivity contribution in [3.8, 4) is 5.69 Å². The maximum absolute atomic E-state index is 12.5. The molecule has 2 aliphatic rings. The zero-order valence-electron chi connectivity index (χ0n) is 21.1. The Balaban J connectivity index is 1.11. The molecule has 9 heteroatoms. The average Bonchev–Trinajstić information content (AvgIpc) is 3.38. The van der Waals surface area contributed by atoms with Gasteiger partial charge in [-0.1, -0.05) is 0 Å². The lowest BCUT2D eigenvalue weighted by Crippen LogP contribution is -2.41. The fourth-order valence-electron chi connectivity index (χ4n) is 4.91. The Kier molecular flexibility index (Phi) is 6.66. The lowest BCUT2D eigenvalue weighted by molar-refractivity contribution is -0.120. The van der Waals surface area contributed by atoms with Gasteiger partial charge in [-0.25, -0.2) is 9.48 Å². The third-order valence-corrected chi connectivity index (χ3v) is 7.07. The van der Waals surface area contributed by atoms with Crippen LogP contribution in [0.2, 0.25) is 0 Å². The number of carbonyl (C=O) groups excluding carboxylic acids is 2. The van der Waals surface area contributed by atoms with Gasteiger partial charge >= 0.3 is 6.03 Å². The molecule has 2 amide bonds. The number of ketones is 1. The minimum absolute atomic E-state index is 0.175. The van der Waals surface area contributed by atoms with Gasteiger partial charge in [-0.2, -0.15) is 5.10 Å². The van der Waals surface area contributed by atoms with E-state index in [0.717, 1.165) is 54.3 Å². The molecule has 0 aliphatic carbocycles. The van der Waals surface area contributed by atoms with E-state index in [-0.39, 0.29) is 11.8 Å². The van der Waals surface area contributed by atoms with Crippen LogP contribution in [0.15, 0.2) is 72.9 Å². The lowest BCUT2D eigenvalue weighted by atomic mass is 10.1. The van der Waals surface area contributed by atoms with Crippen LogP contribution in [0.5, 0.6) is 0 Å². The fourth-order valence-corrected chi connectivity index (χ4v) is 4.91. The molecule has 2 N–H and O–H groups in total. The zero-order valence-corrected chi connectivity index (χ0v) is 21.1. The highest BCUT2D eigenvalue weighted by atomic mass is 16.5. The molecule has 0 saturated carbocycles. The number of amides is 2.